The molecule has 8 heteroatoms. The Bertz CT molecular complexity index is 1010. The number of carbonyl (C=O) groups is 1. The molecule has 0 saturated heterocycles. The van der Waals surface area contributed by atoms with Gasteiger partial charge in [-0.2, -0.15) is 0 Å². The van der Waals surface area contributed by atoms with Gasteiger partial charge in [-0.1, -0.05) is 47.6 Å². The molecule has 0 radical (unpaired) electrons. The highest BCUT2D eigenvalue weighted by Crippen LogP contribution is 2.23. The van der Waals surface area contributed by atoms with Crippen molar-refractivity contribution in [3.8, 4) is 17.0 Å². The smallest absolute Gasteiger partial charge is 0.333 e. The predicted octanol–water partition coefficient (Wildman–Crippen LogP) is 4.29. The van der Waals surface area contributed by atoms with Crippen LogP contribution in [0.15, 0.2) is 71.4 Å². The molecule has 1 unspecified atom stereocenters. The number of aromatic nitrogens is 1. The zero-order valence-electron chi connectivity index (χ0n) is 18.0. The SMILES string of the molecule is CCONC(=COc1ccc(CC(OCC)C(=O)O)cc1)c1cc(-c2ccccc2)no1. The largest absolute Gasteiger partial charge is 0.479 e. The van der Waals surface area contributed by atoms with Crippen LogP contribution in [0.2, 0.25) is 0 Å². The number of ether oxygens (including phenoxy) is 2. The Labute approximate surface area is 186 Å². The van der Waals surface area contributed by atoms with Gasteiger partial charge in [-0.05, 0) is 31.5 Å². The molecule has 0 aliphatic rings. The Morgan fingerprint density at radius 3 is 2.53 bits per heavy atom. The second-order valence-corrected chi connectivity index (χ2v) is 6.76. The summed E-state index contributed by atoms with van der Waals surface area (Å²) in [4.78, 5) is 16.6. The zero-order chi connectivity index (χ0) is 22.8. The van der Waals surface area contributed by atoms with Gasteiger partial charge >= 0.3 is 5.97 Å². The van der Waals surface area contributed by atoms with Gasteiger partial charge in [-0.15, -0.1) is 0 Å². The number of hydroxylamine groups is 1. The highest BCUT2D eigenvalue weighted by molar-refractivity contribution is 5.72. The van der Waals surface area contributed by atoms with Gasteiger partial charge in [0.15, 0.2) is 11.9 Å². The van der Waals surface area contributed by atoms with Crippen molar-refractivity contribution >= 4 is 11.7 Å². The molecule has 32 heavy (non-hydrogen) atoms. The summed E-state index contributed by atoms with van der Waals surface area (Å²) < 4.78 is 16.5. The van der Waals surface area contributed by atoms with E-state index in [0.717, 1.165) is 11.1 Å². The summed E-state index contributed by atoms with van der Waals surface area (Å²) in [6.07, 6.45) is 0.871. The van der Waals surface area contributed by atoms with Crippen molar-refractivity contribution in [1.82, 2.24) is 10.6 Å². The molecule has 0 aliphatic heterocycles. The van der Waals surface area contributed by atoms with E-state index < -0.39 is 12.1 Å². The van der Waals surface area contributed by atoms with Crippen molar-refractivity contribution in [3.63, 3.8) is 0 Å². The van der Waals surface area contributed by atoms with E-state index in [0.29, 0.717) is 36.1 Å². The van der Waals surface area contributed by atoms with Crippen LogP contribution in [0.3, 0.4) is 0 Å². The molecular formula is C24H26N2O6. The maximum Gasteiger partial charge on any atom is 0.333 e. The minimum atomic E-state index is -0.983. The minimum absolute atomic E-state index is 0.275. The van der Waals surface area contributed by atoms with Crippen LogP contribution >= 0.6 is 0 Å². The molecule has 2 N–H and O–H groups in total. The second-order valence-electron chi connectivity index (χ2n) is 6.76. The highest BCUT2D eigenvalue weighted by Gasteiger charge is 2.18. The molecule has 2 aromatic carbocycles. The third kappa shape index (κ3) is 6.44. The van der Waals surface area contributed by atoms with Gasteiger partial charge in [0.25, 0.3) is 0 Å². The molecule has 0 aliphatic carbocycles. The van der Waals surface area contributed by atoms with Gasteiger partial charge < -0.3 is 19.1 Å². The second kappa shape index (κ2) is 11.7. The maximum absolute atomic E-state index is 11.3. The maximum atomic E-state index is 11.3. The number of rotatable bonds is 12. The number of nitrogens with zero attached hydrogens (tertiary/aromatic N) is 1. The predicted molar refractivity (Wildman–Crippen MR) is 119 cm³/mol. The Morgan fingerprint density at radius 1 is 1.12 bits per heavy atom. The van der Waals surface area contributed by atoms with E-state index in [1.165, 1.54) is 6.26 Å². The Hall–Kier alpha value is -3.62. The zero-order valence-corrected chi connectivity index (χ0v) is 18.0. The monoisotopic (exact) mass is 438 g/mol. The van der Waals surface area contributed by atoms with Crippen LogP contribution in [-0.2, 0) is 20.8 Å². The summed E-state index contributed by atoms with van der Waals surface area (Å²) in [5.74, 6) is 0.0363. The third-order valence-corrected chi connectivity index (χ3v) is 4.47. The van der Waals surface area contributed by atoms with E-state index >= 15 is 0 Å². The topological polar surface area (TPSA) is 103 Å². The van der Waals surface area contributed by atoms with Crippen LogP contribution in [0.4, 0.5) is 0 Å². The molecular weight excluding hydrogens is 412 g/mol. The minimum Gasteiger partial charge on any atom is -0.479 e. The molecule has 0 bridgehead atoms. The summed E-state index contributed by atoms with van der Waals surface area (Å²) in [7, 11) is 0. The van der Waals surface area contributed by atoms with E-state index in [1.54, 1.807) is 37.3 Å². The van der Waals surface area contributed by atoms with E-state index in [9.17, 15) is 9.90 Å². The van der Waals surface area contributed by atoms with Crippen LogP contribution in [-0.4, -0.2) is 35.6 Å². The van der Waals surface area contributed by atoms with Gasteiger partial charge in [0.1, 0.15) is 23.4 Å². The van der Waals surface area contributed by atoms with E-state index in [-0.39, 0.29) is 6.42 Å². The number of benzene rings is 2. The summed E-state index contributed by atoms with van der Waals surface area (Å²) in [6.45, 7) is 4.40. The standard InChI is InChI=1S/C24H26N2O6/c1-3-29-23(24(27)28)14-17-10-12-19(13-11-17)30-16-21(25-31-4-2)22-15-20(26-32-22)18-8-6-5-7-9-18/h5-13,15-16,23,25H,3-4,14H2,1-2H3,(H,27,28). The number of carboxylic acids is 1. The fourth-order valence-electron chi connectivity index (χ4n) is 2.89. The van der Waals surface area contributed by atoms with Crippen molar-refractivity contribution in [2.45, 2.75) is 26.4 Å². The molecule has 1 aromatic heterocycles. The van der Waals surface area contributed by atoms with Crippen molar-refractivity contribution in [2.24, 2.45) is 0 Å². The van der Waals surface area contributed by atoms with Gasteiger partial charge in [0, 0.05) is 24.7 Å². The van der Waals surface area contributed by atoms with E-state index in [4.69, 9.17) is 18.8 Å². The quantitative estimate of drug-likeness (QED) is 0.319. The van der Waals surface area contributed by atoms with Gasteiger partial charge in [0.05, 0.1) is 6.61 Å². The molecule has 0 spiro atoms. The van der Waals surface area contributed by atoms with Gasteiger partial charge in [-0.3, -0.25) is 10.3 Å². The first-order valence-electron chi connectivity index (χ1n) is 10.3. The first kappa shape index (κ1) is 23.1. The third-order valence-electron chi connectivity index (χ3n) is 4.47. The lowest BCUT2D eigenvalue weighted by atomic mass is 10.1. The van der Waals surface area contributed by atoms with E-state index in [2.05, 4.69) is 10.6 Å². The van der Waals surface area contributed by atoms with Crippen LogP contribution in [0.1, 0.15) is 25.2 Å². The number of hydrogen-bond donors (Lipinski definition) is 2. The Morgan fingerprint density at radius 2 is 1.88 bits per heavy atom. The number of aliphatic carboxylic acids is 1. The van der Waals surface area contributed by atoms with Crippen LogP contribution in [0.25, 0.3) is 17.0 Å². The molecule has 0 amide bonds. The van der Waals surface area contributed by atoms with Gasteiger partial charge in [0.2, 0.25) is 0 Å². The van der Waals surface area contributed by atoms with Crippen LogP contribution in [0.5, 0.6) is 5.75 Å². The average Bonchev–Trinajstić information content (AvgIpc) is 3.30. The summed E-state index contributed by atoms with van der Waals surface area (Å²) >= 11 is 0. The van der Waals surface area contributed by atoms with Crippen molar-refractivity contribution in [2.75, 3.05) is 13.2 Å². The lowest BCUT2D eigenvalue weighted by Crippen LogP contribution is -2.26. The number of carboxylic acid groups (broad SMARTS) is 1. The average molecular weight is 438 g/mol. The summed E-state index contributed by atoms with van der Waals surface area (Å²) in [5, 5.41) is 13.3. The fraction of sp³-hybridized carbons (Fsp3) is 0.250. The molecule has 1 atom stereocenters. The lowest BCUT2D eigenvalue weighted by molar-refractivity contribution is -0.149. The van der Waals surface area contributed by atoms with Crippen LogP contribution in [0, 0.1) is 0 Å². The molecule has 3 aromatic rings. The van der Waals surface area contributed by atoms with E-state index in [1.807, 2.05) is 37.3 Å². The first-order chi connectivity index (χ1) is 15.6. The Kier molecular flexibility index (Phi) is 8.42. The van der Waals surface area contributed by atoms with Crippen molar-refractivity contribution < 1.29 is 28.7 Å². The summed E-state index contributed by atoms with van der Waals surface area (Å²) in [5.41, 5.74) is 5.73. The van der Waals surface area contributed by atoms with Crippen molar-refractivity contribution in [3.05, 3.63) is 78.2 Å². The van der Waals surface area contributed by atoms with Gasteiger partial charge in [-0.25, -0.2) is 4.79 Å². The normalized spacial score (nSPS) is 12.4. The molecule has 3 rings (SSSR count). The molecule has 1 heterocycles. The molecule has 0 saturated carbocycles. The van der Waals surface area contributed by atoms with Crippen LogP contribution < -0.4 is 10.2 Å². The fourth-order valence-corrected chi connectivity index (χ4v) is 2.89. The highest BCUT2D eigenvalue weighted by atomic mass is 16.6. The molecule has 168 valence electrons. The number of nitrogens with one attached hydrogen (secondary N) is 1. The molecule has 8 nitrogen and oxygen atoms in total. The summed E-state index contributed by atoms with van der Waals surface area (Å²) in [6, 6.07) is 18.6. The lowest BCUT2D eigenvalue weighted by Gasteiger charge is -2.12. The van der Waals surface area contributed by atoms with Crippen molar-refractivity contribution in [1.29, 1.82) is 0 Å². The Balaban J connectivity index is 1.71. The number of hydrogen-bond acceptors (Lipinski definition) is 7. The first-order valence-corrected chi connectivity index (χ1v) is 10.3. The molecule has 0 fully saturated rings.